The highest BCUT2D eigenvalue weighted by molar-refractivity contribution is 5.85. The second-order valence-electron chi connectivity index (χ2n) is 6.25. The average Bonchev–Trinajstić information content (AvgIpc) is 2.38. The largest absolute Gasteiger partial charge is 0.389 e. The molecule has 1 aliphatic carbocycles. The maximum atomic E-state index is 10.1. The van der Waals surface area contributed by atoms with Crippen LogP contribution in [0.4, 0.5) is 0 Å². The summed E-state index contributed by atoms with van der Waals surface area (Å²) in [4.78, 5) is 2.39. The van der Waals surface area contributed by atoms with Crippen LogP contribution in [0.25, 0.3) is 0 Å². The molecule has 0 spiro atoms. The minimum absolute atomic E-state index is 0. The van der Waals surface area contributed by atoms with Gasteiger partial charge >= 0.3 is 0 Å². The van der Waals surface area contributed by atoms with Gasteiger partial charge in [-0.15, -0.1) is 12.4 Å². The Kier molecular flexibility index (Phi) is 8.31. The Bertz CT molecular complexity index is 234. The zero-order chi connectivity index (χ0) is 12.8. The average molecular weight is 292 g/mol. The highest BCUT2D eigenvalue weighted by atomic mass is 35.5. The zero-order valence-corrected chi connectivity index (χ0v) is 13.0. The summed E-state index contributed by atoms with van der Waals surface area (Å²) in [7, 11) is 0. The van der Waals surface area contributed by atoms with Crippen molar-refractivity contribution in [2.24, 2.45) is 5.92 Å². The van der Waals surface area contributed by atoms with Gasteiger partial charge in [0.05, 0.1) is 18.8 Å². The first-order chi connectivity index (χ1) is 8.74. The fourth-order valence-electron chi connectivity index (χ4n) is 3.28. The Morgan fingerprint density at radius 2 is 1.89 bits per heavy atom. The summed E-state index contributed by atoms with van der Waals surface area (Å²) in [5.74, 6) is 0.783. The molecule has 114 valence electrons. The Morgan fingerprint density at radius 3 is 2.58 bits per heavy atom. The van der Waals surface area contributed by atoms with E-state index in [9.17, 15) is 5.11 Å². The van der Waals surface area contributed by atoms with Crippen molar-refractivity contribution < 1.29 is 9.84 Å². The third-order valence-electron chi connectivity index (χ3n) is 4.29. The quantitative estimate of drug-likeness (QED) is 0.845. The summed E-state index contributed by atoms with van der Waals surface area (Å²) in [6.07, 6.45) is 9.04. The summed E-state index contributed by atoms with van der Waals surface area (Å²) in [6, 6.07) is 0. The van der Waals surface area contributed by atoms with E-state index >= 15 is 0 Å². The Morgan fingerprint density at radius 1 is 1.16 bits per heavy atom. The van der Waals surface area contributed by atoms with Crippen molar-refractivity contribution in [1.29, 1.82) is 0 Å². The van der Waals surface area contributed by atoms with Gasteiger partial charge in [0.1, 0.15) is 0 Å². The summed E-state index contributed by atoms with van der Waals surface area (Å²) in [5, 5.41) is 10.1. The molecule has 4 heteroatoms. The van der Waals surface area contributed by atoms with Crippen LogP contribution in [0.2, 0.25) is 0 Å². The Hall–Kier alpha value is 0.170. The molecule has 1 N–H and O–H groups in total. The van der Waals surface area contributed by atoms with Gasteiger partial charge < -0.3 is 14.7 Å². The first-order valence-electron chi connectivity index (χ1n) is 7.76. The van der Waals surface area contributed by atoms with E-state index in [1.54, 1.807) is 0 Å². The predicted molar refractivity (Wildman–Crippen MR) is 80.9 cm³/mol. The third-order valence-corrected chi connectivity index (χ3v) is 4.29. The highest BCUT2D eigenvalue weighted by Gasteiger charge is 2.20. The molecular formula is C15H30ClNO2. The first-order valence-corrected chi connectivity index (χ1v) is 7.76. The van der Waals surface area contributed by atoms with Gasteiger partial charge in [-0.2, -0.15) is 0 Å². The van der Waals surface area contributed by atoms with E-state index in [4.69, 9.17) is 4.74 Å². The number of piperidine rings is 1. The van der Waals surface area contributed by atoms with Crippen molar-refractivity contribution in [3.8, 4) is 0 Å². The molecule has 0 aromatic heterocycles. The predicted octanol–water partition coefficient (Wildman–Crippen LogP) is 2.85. The maximum absolute atomic E-state index is 10.1. The van der Waals surface area contributed by atoms with Crippen molar-refractivity contribution in [1.82, 2.24) is 4.90 Å². The normalized spacial score (nSPS) is 27.8. The monoisotopic (exact) mass is 291 g/mol. The van der Waals surface area contributed by atoms with E-state index in [2.05, 4.69) is 11.8 Å². The maximum Gasteiger partial charge on any atom is 0.0900 e. The molecule has 1 heterocycles. The fraction of sp³-hybridized carbons (Fsp3) is 1.00. The zero-order valence-electron chi connectivity index (χ0n) is 12.2. The molecule has 2 rings (SSSR count). The van der Waals surface area contributed by atoms with Gasteiger partial charge in [0.15, 0.2) is 0 Å². The van der Waals surface area contributed by atoms with Crippen molar-refractivity contribution in [2.75, 3.05) is 26.2 Å². The SMILES string of the molecule is CC1CCCN(CC(O)COC2CCCCC2)C1.Cl. The molecule has 1 aliphatic heterocycles. The van der Waals surface area contributed by atoms with Crippen LogP contribution in [0.15, 0.2) is 0 Å². The number of aliphatic hydroxyl groups is 1. The topological polar surface area (TPSA) is 32.7 Å². The molecule has 2 aliphatic rings. The molecule has 1 saturated heterocycles. The van der Waals surface area contributed by atoms with E-state index in [-0.39, 0.29) is 18.5 Å². The van der Waals surface area contributed by atoms with Gasteiger partial charge in [-0.05, 0) is 38.1 Å². The number of likely N-dealkylation sites (tertiary alicyclic amines) is 1. The van der Waals surface area contributed by atoms with Crippen molar-refractivity contribution in [2.45, 2.75) is 64.1 Å². The molecule has 2 atom stereocenters. The Labute approximate surface area is 124 Å². The molecule has 0 amide bonds. The number of halogens is 1. The molecule has 0 aromatic rings. The van der Waals surface area contributed by atoms with Gasteiger partial charge in [-0.1, -0.05) is 26.2 Å². The van der Waals surface area contributed by atoms with Gasteiger partial charge in [-0.3, -0.25) is 0 Å². The lowest BCUT2D eigenvalue weighted by atomic mass is 9.98. The minimum atomic E-state index is -0.308. The smallest absolute Gasteiger partial charge is 0.0900 e. The van der Waals surface area contributed by atoms with E-state index in [1.807, 2.05) is 0 Å². The lowest BCUT2D eigenvalue weighted by Crippen LogP contribution is -2.41. The molecule has 0 aromatic carbocycles. The van der Waals surface area contributed by atoms with Crippen LogP contribution in [-0.4, -0.2) is 48.5 Å². The van der Waals surface area contributed by atoms with Gasteiger partial charge in [0, 0.05) is 13.1 Å². The van der Waals surface area contributed by atoms with Crippen LogP contribution < -0.4 is 0 Å². The van der Waals surface area contributed by atoms with Crippen molar-refractivity contribution in [3.05, 3.63) is 0 Å². The molecule has 0 bridgehead atoms. The van der Waals surface area contributed by atoms with E-state index in [1.165, 1.54) is 44.9 Å². The van der Waals surface area contributed by atoms with Crippen LogP contribution in [0, 0.1) is 5.92 Å². The van der Waals surface area contributed by atoms with Crippen LogP contribution >= 0.6 is 12.4 Å². The number of hydrogen-bond donors (Lipinski definition) is 1. The number of nitrogens with zero attached hydrogens (tertiary/aromatic N) is 1. The first kappa shape index (κ1) is 17.2. The summed E-state index contributed by atoms with van der Waals surface area (Å²) in [5.41, 5.74) is 0. The van der Waals surface area contributed by atoms with E-state index < -0.39 is 0 Å². The molecule has 0 radical (unpaired) electrons. The fourth-order valence-corrected chi connectivity index (χ4v) is 3.28. The number of ether oxygens (including phenoxy) is 1. The van der Waals surface area contributed by atoms with Crippen LogP contribution in [0.5, 0.6) is 0 Å². The lowest BCUT2D eigenvalue weighted by molar-refractivity contribution is -0.0361. The van der Waals surface area contributed by atoms with E-state index in [0.29, 0.717) is 12.7 Å². The van der Waals surface area contributed by atoms with Crippen molar-refractivity contribution >= 4 is 12.4 Å². The second-order valence-corrected chi connectivity index (χ2v) is 6.25. The molecule has 2 unspecified atom stereocenters. The second kappa shape index (κ2) is 9.17. The Balaban J connectivity index is 0.00000180. The van der Waals surface area contributed by atoms with Gasteiger partial charge in [-0.25, -0.2) is 0 Å². The molecule has 3 nitrogen and oxygen atoms in total. The highest BCUT2D eigenvalue weighted by Crippen LogP contribution is 2.20. The van der Waals surface area contributed by atoms with Gasteiger partial charge in [0.2, 0.25) is 0 Å². The number of hydrogen-bond acceptors (Lipinski definition) is 3. The van der Waals surface area contributed by atoms with Crippen molar-refractivity contribution in [3.63, 3.8) is 0 Å². The summed E-state index contributed by atoms with van der Waals surface area (Å²) in [6.45, 7) is 5.90. The molecule has 2 fully saturated rings. The number of rotatable bonds is 5. The molecular weight excluding hydrogens is 262 g/mol. The van der Waals surface area contributed by atoms with Crippen LogP contribution in [0.1, 0.15) is 51.9 Å². The third kappa shape index (κ3) is 6.44. The minimum Gasteiger partial charge on any atom is -0.389 e. The lowest BCUT2D eigenvalue weighted by Gasteiger charge is -2.32. The van der Waals surface area contributed by atoms with Crippen LogP contribution in [0.3, 0.4) is 0 Å². The summed E-state index contributed by atoms with van der Waals surface area (Å²) >= 11 is 0. The van der Waals surface area contributed by atoms with Crippen LogP contribution in [-0.2, 0) is 4.74 Å². The standard InChI is InChI=1S/C15H29NO2.ClH/c1-13-6-5-9-16(10-13)11-14(17)12-18-15-7-3-2-4-8-15;/h13-15,17H,2-12H2,1H3;1H. The van der Waals surface area contributed by atoms with Gasteiger partial charge in [0.25, 0.3) is 0 Å². The molecule has 19 heavy (non-hydrogen) atoms. The number of aliphatic hydroxyl groups excluding tert-OH is 1. The molecule has 1 saturated carbocycles. The van der Waals surface area contributed by atoms with E-state index in [0.717, 1.165) is 25.6 Å². The summed E-state index contributed by atoms with van der Waals surface area (Å²) < 4.78 is 5.84. The number of β-amino-alcohol motifs (C(OH)–C–C–N with tert-alkyl or cyclic N) is 1.